The molecule has 1 aliphatic rings. The highest BCUT2D eigenvalue weighted by Gasteiger charge is 2.33. The Bertz CT molecular complexity index is 506. The van der Waals surface area contributed by atoms with Gasteiger partial charge in [-0.15, -0.1) is 5.10 Å². The molecular formula is C14H25N5O2. The predicted octanol–water partition coefficient (Wildman–Crippen LogP) is 1.39. The molecule has 2 rings (SSSR count). The molecule has 0 saturated carbocycles. The maximum atomic E-state index is 12.3. The molecule has 118 valence electrons. The molecule has 0 aliphatic carbocycles. The molecule has 1 unspecified atom stereocenters. The van der Waals surface area contributed by atoms with Crippen LogP contribution in [-0.2, 0) is 13.5 Å². The van der Waals surface area contributed by atoms with Crippen LogP contribution in [0.1, 0.15) is 39.4 Å². The van der Waals surface area contributed by atoms with Gasteiger partial charge in [0.15, 0.2) is 0 Å². The summed E-state index contributed by atoms with van der Waals surface area (Å²) in [5.74, 6) is 1.27. The predicted molar refractivity (Wildman–Crippen MR) is 80.0 cm³/mol. The van der Waals surface area contributed by atoms with Crippen LogP contribution < -0.4 is 5.32 Å². The summed E-state index contributed by atoms with van der Waals surface area (Å²) in [7, 11) is 1.81. The van der Waals surface area contributed by atoms with Crippen molar-refractivity contribution in [3.63, 3.8) is 0 Å². The van der Waals surface area contributed by atoms with Crippen LogP contribution in [0.25, 0.3) is 0 Å². The lowest BCUT2D eigenvalue weighted by atomic mass is 9.84. The van der Waals surface area contributed by atoms with Gasteiger partial charge in [-0.2, -0.15) is 4.98 Å². The van der Waals surface area contributed by atoms with Crippen LogP contribution in [0.3, 0.4) is 0 Å². The average Bonchev–Trinajstić information content (AvgIpc) is 2.78. The van der Waals surface area contributed by atoms with E-state index in [1.807, 2.05) is 14.0 Å². The number of hydrogen-bond acceptors (Lipinski definition) is 4. The van der Waals surface area contributed by atoms with Gasteiger partial charge in [-0.25, -0.2) is 4.79 Å². The lowest BCUT2D eigenvalue weighted by Gasteiger charge is -2.38. The minimum absolute atomic E-state index is 0.0971. The second-order valence-electron chi connectivity index (χ2n) is 6.20. The number of hydrogen-bond donors (Lipinski definition) is 2. The zero-order valence-corrected chi connectivity index (χ0v) is 13.3. The number of aryl methyl sites for hydroxylation is 2. The molecule has 1 fully saturated rings. The molecule has 2 N–H and O–H groups in total. The van der Waals surface area contributed by atoms with Crippen molar-refractivity contribution in [2.75, 3.05) is 18.4 Å². The maximum absolute atomic E-state index is 12.3. The third kappa shape index (κ3) is 3.72. The quantitative estimate of drug-likeness (QED) is 0.882. The molecule has 21 heavy (non-hydrogen) atoms. The Balaban J connectivity index is 1.99. The molecule has 0 aromatic carbocycles. The molecule has 1 aliphatic heterocycles. The number of amides is 2. The third-order valence-electron chi connectivity index (χ3n) is 4.10. The van der Waals surface area contributed by atoms with Crippen molar-refractivity contribution in [2.45, 2.75) is 45.6 Å². The Labute approximate surface area is 125 Å². The van der Waals surface area contributed by atoms with Gasteiger partial charge >= 0.3 is 6.03 Å². The molecule has 1 aromatic rings. The molecule has 1 atom stereocenters. The zero-order chi connectivity index (χ0) is 15.6. The first-order valence-corrected chi connectivity index (χ1v) is 7.49. The van der Waals surface area contributed by atoms with Crippen molar-refractivity contribution in [3.05, 3.63) is 5.82 Å². The number of nitrogens with one attached hydrogen (secondary N) is 1. The maximum Gasteiger partial charge on any atom is 0.324 e. The van der Waals surface area contributed by atoms with E-state index >= 15 is 0 Å². The number of rotatable bonds is 3. The summed E-state index contributed by atoms with van der Waals surface area (Å²) in [5.41, 5.74) is -0.766. The number of aromatic nitrogens is 3. The fourth-order valence-electron chi connectivity index (χ4n) is 2.69. The minimum atomic E-state index is -0.766. The van der Waals surface area contributed by atoms with E-state index in [1.54, 1.807) is 23.4 Å². The summed E-state index contributed by atoms with van der Waals surface area (Å²) in [6.07, 6.45) is 2.61. The Morgan fingerprint density at radius 3 is 2.81 bits per heavy atom. The molecule has 2 heterocycles. The van der Waals surface area contributed by atoms with Crippen LogP contribution in [0.15, 0.2) is 0 Å². The highest BCUT2D eigenvalue weighted by molar-refractivity contribution is 5.87. The summed E-state index contributed by atoms with van der Waals surface area (Å²) >= 11 is 0. The number of aliphatic hydroxyl groups is 1. The number of urea groups is 1. The number of carbonyl (C=O) groups excluding carboxylic acids is 1. The normalized spacial score (nSPS) is 19.7. The van der Waals surface area contributed by atoms with Crippen LogP contribution >= 0.6 is 0 Å². The van der Waals surface area contributed by atoms with E-state index in [0.29, 0.717) is 19.0 Å². The summed E-state index contributed by atoms with van der Waals surface area (Å²) in [4.78, 5) is 18.3. The first-order valence-electron chi connectivity index (χ1n) is 7.49. The smallest absolute Gasteiger partial charge is 0.324 e. The molecule has 7 nitrogen and oxygen atoms in total. The van der Waals surface area contributed by atoms with E-state index in [9.17, 15) is 9.90 Å². The first-order chi connectivity index (χ1) is 9.81. The number of likely N-dealkylation sites (tertiary alicyclic amines) is 1. The summed E-state index contributed by atoms with van der Waals surface area (Å²) in [5, 5.41) is 17.0. The van der Waals surface area contributed by atoms with Crippen LogP contribution in [-0.4, -0.2) is 49.5 Å². The fourth-order valence-corrected chi connectivity index (χ4v) is 2.69. The number of nitrogens with zero attached hydrogens (tertiary/aromatic N) is 4. The van der Waals surface area contributed by atoms with Crippen molar-refractivity contribution < 1.29 is 9.90 Å². The lowest BCUT2D eigenvalue weighted by Crippen LogP contribution is -2.48. The highest BCUT2D eigenvalue weighted by atomic mass is 16.3. The molecule has 2 amide bonds. The third-order valence-corrected chi connectivity index (χ3v) is 4.10. The molecular weight excluding hydrogens is 270 g/mol. The van der Waals surface area contributed by atoms with Crippen LogP contribution in [0.5, 0.6) is 0 Å². The second-order valence-corrected chi connectivity index (χ2v) is 6.20. The van der Waals surface area contributed by atoms with Gasteiger partial charge in [-0.05, 0) is 26.7 Å². The van der Waals surface area contributed by atoms with Crippen molar-refractivity contribution in [1.29, 1.82) is 0 Å². The van der Waals surface area contributed by atoms with E-state index in [4.69, 9.17) is 0 Å². The Morgan fingerprint density at radius 1 is 1.52 bits per heavy atom. The van der Waals surface area contributed by atoms with Crippen LogP contribution in [0.2, 0.25) is 0 Å². The molecule has 0 radical (unpaired) electrons. The van der Waals surface area contributed by atoms with Crippen LogP contribution in [0.4, 0.5) is 10.7 Å². The fraction of sp³-hybridized carbons (Fsp3) is 0.786. The number of carbonyl (C=O) groups is 1. The van der Waals surface area contributed by atoms with Gasteiger partial charge in [0.25, 0.3) is 0 Å². The van der Waals surface area contributed by atoms with Gasteiger partial charge in [-0.1, -0.05) is 6.92 Å². The average molecular weight is 295 g/mol. The van der Waals surface area contributed by atoms with Gasteiger partial charge in [-0.3, -0.25) is 10.00 Å². The summed E-state index contributed by atoms with van der Waals surface area (Å²) < 4.78 is 1.67. The first kappa shape index (κ1) is 15.8. The van der Waals surface area contributed by atoms with Gasteiger partial charge in [0, 0.05) is 32.5 Å². The Kier molecular flexibility index (Phi) is 4.51. The van der Waals surface area contributed by atoms with Gasteiger partial charge in [0.2, 0.25) is 5.95 Å². The minimum Gasteiger partial charge on any atom is -0.390 e. The largest absolute Gasteiger partial charge is 0.390 e. The Hall–Kier alpha value is -1.63. The summed E-state index contributed by atoms with van der Waals surface area (Å²) in [6.45, 7) is 6.85. The van der Waals surface area contributed by atoms with E-state index < -0.39 is 5.60 Å². The number of anilines is 1. The van der Waals surface area contributed by atoms with Crippen LogP contribution in [0, 0.1) is 5.92 Å². The SMILES string of the molecule is CCc1nc(NC(=O)N2CCCC(C(C)(C)O)C2)nn1C. The molecule has 0 bridgehead atoms. The van der Waals surface area contributed by atoms with Gasteiger partial charge in [0.1, 0.15) is 5.82 Å². The van der Waals surface area contributed by atoms with Gasteiger partial charge < -0.3 is 10.0 Å². The number of piperidine rings is 1. The lowest BCUT2D eigenvalue weighted by molar-refractivity contribution is -0.00973. The topological polar surface area (TPSA) is 83.3 Å². The Morgan fingerprint density at radius 2 is 2.24 bits per heavy atom. The van der Waals surface area contributed by atoms with Crippen molar-refractivity contribution in [1.82, 2.24) is 19.7 Å². The van der Waals surface area contributed by atoms with Crippen molar-refractivity contribution in [2.24, 2.45) is 13.0 Å². The van der Waals surface area contributed by atoms with Crippen molar-refractivity contribution >= 4 is 12.0 Å². The monoisotopic (exact) mass is 295 g/mol. The van der Waals surface area contributed by atoms with E-state index in [2.05, 4.69) is 15.4 Å². The second kappa shape index (κ2) is 6.01. The van der Waals surface area contributed by atoms with Crippen molar-refractivity contribution in [3.8, 4) is 0 Å². The molecule has 1 saturated heterocycles. The highest BCUT2D eigenvalue weighted by Crippen LogP contribution is 2.27. The van der Waals surface area contributed by atoms with Gasteiger partial charge in [0.05, 0.1) is 5.60 Å². The van der Waals surface area contributed by atoms with E-state index in [0.717, 1.165) is 25.1 Å². The molecule has 0 spiro atoms. The summed E-state index contributed by atoms with van der Waals surface area (Å²) in [6, 6.07) is -0.197. The molecule has 1 aromatic heterocycles. The standard InChI is InChI=1S/C14H25N5O2/c1-5-11-15-12(17-18(11)4)16-13(20)19-8-6-7-10(9-19)14(2,3)21/h10,21H,5-9H2,1-4H3,(H,16,17,20). The molecule has 7 heteroatoms. The zero-order valence-electron chi connectivity index (χ0n) is 13.3. The van der Waals surface area contributed by atoms with E-state index in [1.165, 1.54) is 0 Å². The van der Waals surface area contributed by atoms with E-state index in [-0.39, 0.29) is 11.9 Å².